The Labute approximate surface area is 200 Å². The van der Waals surface area contributed by atoms with Gasteiger partial charge in [-0.1, -0.05) is 0 Å². The number of nitrogens with one attached hydrogen (secondary N) is 1. The average Bonchev–Trinajstić information content (AvgIpc) is 2.87. The van der Waals surface area contributed by atoms with Crippen LogP contribution in [0, 0.1) is 11.3 Å². The van der Waals surface area contributed by atoms with Crippen LogP contribution in [0.3, 0.4) is 0 Å². The molecular weight excluding hydrogens is 452 g/mol. The van der Waals surface area contributed by atoms with Crippen molar-refractivity contribution in [1.82, 2.24) is 9.97 Å². The van der Waals surface area contributed by atoms with E-state index in [9.17, 15) is 9.59 Å². The Kier molecular flexibility index (Phi) is 6.99. The molecule has 2 aromatic carbocycles. The maximum atomic E-state index is 12.7. The van der Waals surface area contributed by atoms with E-state index in [2.05, 4.69) is 15.3 Å². The predicted molar refractivity (Wildman–Crippen MR) is 125 cm³/mol. The third-order valence-corrected chi connectivity index (χ3v) is 4.98. The van der Waals surface area contributed by atoms with Crippen molar-refractivity contribution in [2.75, 3.05) is 32.8 Å². The van der Waals surface area contributed by atoms with Crippen LogP contribution in [0.25, 0.3) is 10.9 Å². The molecule has 4 rings (SSSR count). The van der Waals surface area contributed by atoms with Gasteiger partial charge in [-0.05, 0) is 30.3 Å². The number of carbonyl (C=O) groups is 2. The number of nitriles is 1. The van der Waals surface area contributed by atoms with Crippen molar-refractivity contribution in [3.05, 3.63) is 71.9 Å². The van der Waals surface area contributed by atoms with Crippen LogP contribution in [-0.2, 0) is 14.3 Å². The highest BCUT2D eigenvalue weighted by Gasteiger charge is 2.23. The zero-order chi connectivity index (χ0) is 24.8. The van der Waals surface area contributed by atoms with E-state index in [0.717, 1.165) is 12.2 Å². The zero-order valence-electron chi connectivity index (χ0n) is 18.9. The number of hydrogen-bond acceptors (Lipinski definition) is 10. The number of carbonyl (C=O) groups excluding carboxylic acids is 2. The molecular formula is C25H20N4O6. The number of hydrogen-bond donors (Lipinski definition) is 1. The molecule has 1 aliphatic carbocycles. The lowest BCUT2D eigenvalue weighted by Crippen LogP contribution is -2.21. The molecule has 0 bridgehead atoms. The molecule has 3 aromatic rings. The number of ether oxygens (including phenoxy) is 4. The molecule has 0 saturated carbocycles. The summed E-state index contributed by atoms with van der Waals surface area (Å²) in [6.07, 6.45) is 3.59. The van der Waals surface area contributed by atoms with Crippen LogP contribution in [-0.4, -0.2) is 49.0 Å². The number of fused-ring (bicyclic) bond motifs is 1. The summed E-state index contributed by atoms with van der Waals surface area (Å²) in [6, 6.07) is 11.6. The van der Waals surface area contributed by atoms with Crippen molar-refractivity contribution in [1.29, 1.82) is 5.26 Å². The first-order chi connectivity index (χ1) is 17.0. The monoisotopic (exact) mass is 472 g/mol. The molecule has 1 heterocycles. The summed E-state index contributed by atoms with van der Waals surface area (Å²) < 4.78 is 21.7. The van der Waals surface area contributed by atoms with Crippen molar-refractivity contribution < 1.29 is 28.5 Å². The molecule has 0 atom stereocenters. The van der Waals surface area contributed by atoms with E-state index in [0.29, 0.717) is 52.7 Å². The molecule has 0 amide bonds. The standard InChI is InChI=1S/C25H20N4O6/c1-32-7-8-34-24-11-18-17(9-23(24)33-2)25(28-14-27-18)29-19-10-21(31)22(12-20(19)30)35-16-5-3-15(13-26)4-6-16/h3-6,9-12,14H,7-8H2,1-2H3,(H,27,28,29). The Hall–Kier alpha value is -4.75. The molecule has 0 fully saturated rings. The number of aromatic nitrogens is 2. The number of rotatable bonds is 9. The van der Waals surface area contributed by atoms with Gasteiger partial charge in [-0.3, -0.25) is 9.59 Å². The highest BCUT2D eigenvalue weighted by atomic mass is 16.5. The van der Waals surface area contributed by atoms with Crippen molar-refractivity contribution >= 4 is 28.3 Å². The minimum Gasteiger partial charge on any atom is -0.493 e. The van der Waals surface area contributed by atoms with E-state index in [1.807, 2.05) is 6.07 Å². The Morgan fingerprint density at radius 2 is 1.77 bits per heavy atom. The van der Waals surface area contributed by atoms with E-state index in [1.54, 1.807) is 43.5 Å². The lowest BCUT2D eigenvalue weighted by Gasteiger charge is -2.16. The summed E-state index contributed by atoms with van der Waals surface area (Å²) in [6.45, 7) is 0.740. The predicted octanol–water partition coefficient (Wildman–Crippen LogP) is 2.95. The van der Waals surface area contributed by atoms with E-state index >= 15 is 0 Å². The van der Waals surface area contributed by atoms with E-state index in [4.69, 9.17) is 24.2 Å². The van der Waals surface area contributed by atoms with Gasteiger partial charge < -0.3 is 24.3 Å². The summed E-state index contributed by atoms with van der Waals surface area (Å²) in [4.78, 5) is 33.8. The van der Waals surface area contributed by atoms with Crippen LogP contribution < -0.4 is 19.5 Å². The normalized spacial score (nSPS) is 13.1. The van der Waals surface area contributed by atoms with Crippen LogP contribution in [0.2, 0.25) is 0 Å². The number of benzene rings is 2. The lowest BCUT2D eigenvalue weighted by molar-refractivity contribution is -0.116. The molecule has 0 spiro atoms. The second kappa shape index (κ2) is 10.5. The number of ketones is 2. The minimum atomic E-state index is -0.499. The maximum absolute atomic E-state index is 12.7. The fourth-order valence-electron chi connectivity index (χ4n) is 3.24. The van der Waals surface area contributed by atoms with Crippen LogP contribution in [0.15, 0.2) is 66.3 Å². The van der Waals surface area contributed by atoms with Crippen LogP contribution in [0.4, 0.5) is 5.82 Å². The van der Waals surface area contributed by atoms with Crippen molar-refractivity contribution in [3.63, 3.8) is 0 Å². The molecule has 1 aromatic heterocycles. The molecule has 0 radical (unpaired) electrons. The first-order valence-electron chi connectivity index (χ1n) is 10.4. The molecule has 1 N–H and O–H groups in total. The molecule has 176 valence electrons. The average molecular weight is 472 g/mol. The van der Waals surface area contributed by atoms with Gasteiger partial charge in [0.15, 0.2) is 17.3 Å². The minimum absolute atomic E-state index is 0.0292. The Balaban J connectivity index is 1.55. The summed E-state index contributed by atoms with van der Waals surface area (Å²) in [7, 11) is 3.09. The highest BCUT2D eigenvalue weighted by Crippen LogP contribution is 2.34. The smallest absolute Gasteiger partial charge is 0.223 e. The van der Waals surface area contributed by atoms with Gasteiger partial charge >= 0.3 is 0 Å². The third-order valence-electron chi connectivity index (χ3n) is 4.98. The zero-order valence-corrected chi connectivity index (χ0v) is 18.9. The molecule has 0 saturated heterocycles. The first kappa shape index (κ1) is 23.4. The van der Waals surface area contributed by atoms with Gasteiger partial charge in [-0.25, -0.2) is 9.97 Å². The number of nitrogens with zero attached hydrogens (tertiary/aromatic N) is 3. The summed E-state index contributed by atoms with van der Waals surface area (Å²) in [5.74, 6) is 0.486. The van der Waals surface area contributed by atoms with E-state index in [-0.39, 0.29) is 11.5 Å². The van der Waals surface area contributed by atoms with Gasteiger partial charge in [-0.2, -0.15) is 5.26 Å². The fraction of sp³-hybridized carbons (Fsp3) is 0.160. The Bertz CT molecular complexity index is 1390. The topological polar surface area (TPSA) is 133 Å². The van der Waals surface area contributed by atoms with Gasteiger partial charge in [-0.15, -0.1) is 0 Å². The third kappa shape index (κ3) is 5.26. The Morgan fingerprint density at radius 3 is 2.49 bits per heavy atom. The number of allylic oxidation sites excluding steroid dienone is 2. The van der Waals surface area contributed by atoms with Gasteiger partial charge in [0.1, 0.15) is 24.5 Å². The van der Waals surface area contributed by atoms with E-state index in [1.165, 1.54) is 13.4 Å². The van der Waals surface area contributed by atoms with Gasteiger partial charge in [0.25, 0.3) is 0 Å². The maximum Gasteiger partial charge on any atom is 0.223 e. The van der Waals surface area contributed by atoms with Crippen molar-refractivity contribution in [2.24, 2.45) is 0 Å². The van der Waals surface area contributed by atoms with E-state index < -0.39 is 11.6 Å². The molecule has 1 aliphatic rings. The highest BCUT2D eigenvalue weighted by molar-refractivity contribution is 6.20. The summed E-state index contributed by atoms with van der Waals surface area (Å²) >= 11 is 0. The lowest BCUT2D eigenvalue weighted by atomic mass is 10.1. The van der Waals surface area contributed by atoms with Gasteiger partial charge in [0.2, 0.25) is 11.6 Å². The first-order valence-corrected chi connectivity index (χ1v) is 10.4. The van der Waals surface area contributed by atoms with Crippen molar-refractivity contribution in [2.45, 2.75) is 0 Å². The summed E-state index contributed by atoms with van der Waals surface area (Å²) in [5, 5.41) is 12.4. The molecule has 0 aliphatic heterocycles. The second-order valence-corrected chi connectivity index (χ2v) is 7.24. The van der Waals surface area contributed by atoms with Crippen LogP contribution >= 0.6 is 0 Å². The van der Waals surface area contributed by atoms with Crippen molar-refractivity contribution in [3.8, 4) is 23.3 Å². The second-order valence-electron chi connectivity index (χ2n) is 7.24. The molecule has 0 unspecified atom stereocenters. The fourth-order valence-corrected chi connectivity index (χ4v) is 3.24. The van der Waals surface area contributed by atoms with Gasteiger partial charge in [0.05, 0.1) is 36.6 Å². The quantitative estimate of drug-likeness (QED) is 0.366. The molecule has 10 heteroatoms. The molecule has 35 heavy (non-hydrogen) atoms. The number of methoxy groups -OCH3 is 2. The number of anilines is 1. The van der Waals surface area contributed by atoms with Crippen LogP contribution in [0.5, 0.6) is 17.2 Å². The summed E-state index contributed by atoms with van der Waals surface area (Å²) in [5.41, 5.74) is 1.03. The molecule has 10 nitrogen and oxygen atoms in total. The van der Waals surface area contributed by atoms with Crippen LogP contribution in [0.1, 0.15) is 5.56 Å². The Morgan fingerprint density at radius 1 is 0.971 bits per heavy atom. The SMILES string of the molecule is COCCOc1cc2ncnc(NC3=CC(=O)C(Oc4ccc(C#N)cc4)=CC3=O)c2cc1OC. The largest absolute Gasteiger partial charge is 0.493 e. The van der Waals surface area contributed by atoms with Gasteiger partial charge in [0, 0.05) is 30.7 Å².